The molecule has 1 nitrogen and oxygen atoms in total. The van der Waals surface area contributed by atoms with Crippen molar-refractivity contribution >= 4 is 27.5 Å². The van der Waals surface area contributed by atoms with Gasteiger partial charge in [-0.2, -0.15) is 0 Å². The Bertz CT molecular complexity index is 522. The third-order valence-electron chi connectivity index (χ3n) is 2.84. The van der Waals surface area contributed by atoms with Gasteiger partial charge in [0.25, 0.3) is 0 Å². The molecule has 1 atom stereocenters. The molecule has 1 aromatic carbocycles. The maximum Gasteiger partial charge on any atom is 0.169 e. The summed E-state index contributed by atoms with van der Waals surface area (Å²) in [6, 6.07) is 8.06. The molecule has 2 aromatic rings. The predicted octanol–water partition coefficient (Wildman–Crippen LogP) is 5.30. The fourth-order valence-corrected chi connectivity index (χ4v) is 2.98. The molecule has 17 heavy (non-hydrogen) atoms. The molecule has 0 aliphatic rings. The van der Waals surface area contributed by atoms with Crippen molar-refractivity contribution in [3.05, 3.63) is 56.9 Å². The summed E-state index contributed by atoms with van der Waals surface area (Å²) in [5.41, 5.74) is 4.80. The molecule has 0 aliphatic heterocycles. The number of hydrogen-bond donors (Lipinski definition) is 0. The van der Waals surface area contributed by atoms with Crippen LogP contribution in [0.3, 0.4) is 0 Å². The Labute approximate surface area is 115 Å². The molecule has 0 saturated heterocycles. The van der Waals surface area contributed by atoms with Crippen LogP contribution in [0.1, 0.15) is 33.4 Å². The Morgan fingerprint density at radius 3 is 2.18 bits per heavy atom. The van der Waals surface area contributed by atoms with Crippen molar-refractivity contribution in [2.45, 2.75) is 26.1 Å². The van der Waals surface area contributed by atoms with Crippen molar-refractivity contribution in [3.8, 4) is 0 Å². The zero-order chi connectivity index (χ0) is 12.6. The Morgan fingerprint density at radius 1 is 1.12 bits per heavy atom. The zero-order valence-corrected chi connectivity index (χ0v) is 12.4. The second kappa shape index (κ2) is 4.87. The van der Waals surface area contributed by atoms with E-state index in [1.807, 2.05) is 12.1 Å². The summed E-state index contributed by atoms with van der Waals surface area (Å²) in [4.78, 5) is 0. The number of furan rings is 1. The molecule has 1 unspecified atom stereocenters. The summed E-state index contributed by atoms with van der Waals surface area (Å²) in [6.07, 6.45) is 0. The van der Waals surface area contributed by atoms with Crippen molar-refractivity contribution in [1.29, 1.82) is 0 Å². The molecule has 0 radical (unpaired) electrons. The third kappa shape index (κ3) is 2.58. The van der Waals surface area contributed by atoms with Gasteiger partial charge in [0.2, 0.25) is 0 Å². The van der Waals surface area contributed by atoms with Crippen LogP contribution in [-0.4, -0.2) is 0 Å². The Morgan fingerprint density at radius 2 is 1.71 bits per heavy atom. The molecule has 0 saturated carbocycles. The van der Waals surface area contributed by atoms with E-state index in [1.54, 1.807) is 0 Å². The van der Waals surface area contributed by atoms with Crippen molar-refractivity contribution in [3.63, 3.8) is 0 Å². The van der Waals surface area contributed by atoms with Crippen LogP contribution in [-0.2, 0) is 0 Å². The Kier molecular flexibility index (Phi) is 3.64. The minimum atomic E-state index is -0.234. The topological polar surface area (TPSA) is 13.1 Å². The van der Waals surface area contributed by atoms with E-state index in [0.29, 0.717) is 4.67 Å². The van der Waals surface area contributed by atoms with Crippen LogP contribution in [0, 0.1) is 20.8 Å². The van der Waals surface area contributed by atoms with Gasteiger partial charge in [0.1, 0.15) is 11.1 Å². The summed E-state index contributed by atoms with van der Waals surface area (Å²) in [7, 11) is 0. The first kappa shape index (κ1) is 12.7. The maximum absolute atomic E-state index is 6.49. The molecule has 0 spiro atoms. The van der Waals surface area contributed by atoms with Gasteiger partial charge in [-0.1, -0.05) is 17.7 Å². The standard InChI is InChI=1S/C14H14BrClO/c1-8-6-9(2)13(10(3)7-8)14(16)11-4-5-12(15)17-11/h4-7,14H,1-3H3. The maximum atomic E-state index is 6.49. The lowest BCUT2D eigenvalue weighted by atomic mass is 9.96. The first-order chi connectivity index (χ1) is 7.99. The van der Waals surface area contributed by atoms with Gasteiger partial charge in [0.05, 0.1) is 0 Å². The van der Waals surface area contributed by atoms with E-state index in [2.05, 4.69) is 48.8 Å². The van der Waals surface area contributed by atoms with Crippen LogP contribution in [0.15, 0.2) is 33.4 Å². The normalized spacial score (nSPS) is 12.8. The third-order valence-corrected chi connectivity index (χ3v) is 3.69. The van der Waals surface area contributed by atoms with Crippen LogP contribution >= 0.6 is 27.5 Å². The summed E-state index contributed by atoms with van der Waals surface area (Å²) >= 11 is 9.79. The van der Waals surface area contributed by atoms with E-state index < -0.39 is 0 Å². The quantitative estimate of drug-likeness (QED) is 0.686. The molecule has 3 heteroatoms. The number of hydrogen-bond acceptors (Lipinski definition) is 1. The van der Waals surface area contributed by atoms with Gasteiger partial charge >= 0.3 is 0 Å². The summed E-state index contributed by atoms with van der Waals surface area (Å²) < 4.78 is 6.23. The highest BCUT2D eigenvalue weighted by Gasteiger charge is 2.19. The SMILES string of the molecule is Cc1cc(C)c(C(Cl)c2ccc(Br)o2)c(C)c1. The van der Waals surface area contributed by atoms with E-state index in [9.17, 15) is 0 Å². The number of rotatable bonds is 2. The van der Waals surface area contributed by atoms with Crippen molar-refractivity contribution in [2.24, 2.45) is 0 Å². The lowest BCUT2D eigenvalue weighted by Crippen LogP contribution is -1.99. The first-order valence-corrected chi connectivity index (χ1v) is 6.69. The smallest absolute Gasteiger partial charge is 0.169 e. The predicted molar refractivity (Wildman–Crippen MR) is 74.8 cm³/mol. The number of aryl methyl sites for hydroxylation is 3. The second-order valence-corrected chi connectivity index (χ2v) is 5.53. The average Bonchev–Trinajstić information content (AvgIpc) is 2.63. The van der Waals surface area contributed by atoms with Crippen molar-refractivity contribution in [2.75, 3.05) is 0 Å². The van der Waals surface area contributed by atoms with Crippen LogP contribution in [0.2, 0.25) is 0 Å². The Hall–Kier alpha value is -0.730. The van der Waals surface area contributed by atoms with Crippen LogP contribution < -0.4 is 0 Å². The van der Waals surface area contributed by atoms with Gasteiger partial charge in [0, 0.05) is 0 Å². The molecule has 1 heterocycles. The minimum absolute atomic E-state index is 0.234. The van der Waals surface area contributed by atoms with E-state index in [-0.39, 0.29) is 5.38 Å². The molecular formula is C14H14BrClO. The number of alkyl halides is 1. The Balaban J connectivity index is 2.47. The molecule has 0 aliphatic carbocycles. The molecule has 1 aromatic heterocycles. The highest BCUT2D eigenvalue weighted by Crippen LogP contribution is 2.35. The van der Waals surface area contributed by atoms with Gasteiger partial charge < -0.3 is 4.42 Å². The molecule has 0 amide bonds. The van der Waals surface area contributed by atoms with E-state index in [1.165, 1.54) is 16.7 Å². The highest BCUT2D eigenvalue weighted by atomic mass is 79.9. The molecule has 0 bridgehead atoms. The summed E-state index contributed by atoms with van der Waals surface area (Å²) in [5, 5.41) is -0.234. The van der Waals surface area contributed by atoms with Crippen LogP contribution in [0.5, 0.6) is 0 Å². The van der Waals surface area contributed by atoms with E-state index >= 15 is 0 Å². The average molecular weight is 314 g/mol. The monoisotopic (exact) mass is 312 g/mol. The van der Waals surface area contributed by atoms with Gasteiger partial charge in [-0.25, -0.2) is 0 Å². The van der Waals surface area contributed by atoms with Crippen molar-refractivity contribution in [1.82, 2.24) is 0 Å². The van der Waals surface area contributed by atoms with E-state index in [0.717, 1.165) is 11.3 Å². The molecule has 0 N–H and O–H groups in total. The summed E-state index contributed by atoms with van der Waals surface area (Å²) in [5.74, 6) is 0.772. The van der Waals surface area contributed by atoms with Gasteiger partial charge in [0.15, 0.2) is 4.67 Å². The van der Waals surface area contributed by atoms with Gasteiger partial charge in [-0.05, 0) is 65.5 Å². The number of halogens is 2. The van der Waals surface area contributed by atoms with Gasteiger partial charge in [-0.3, -0.25) is 0 Å². The zero-order valence-electron chi connectivity index (χ0n) is 10.1. The minimum Gasteiger partial charge on any atom is -0.452 e. The fourth-order valence-electron chi connectivity index (χ4n) is 2.20. The molecule has 0 fully saturated rings. The first-order valence-electron chi connectivity index (χ1n) is 5.46. The molecular weight excluding hydrogens is 300 g/mol. The van der Waals surface area contributed by atoms with E-state index in [4.69, 9.17) is 16.0 Å². The lowest BCUT2D eigenvalue weighted by Gasteiger charge is -2.15. The largest absolute Gasteiger partial charge is 0.452 e. The van der Waals surface area contributed by atoms with Gasteiger partial charge in [-0.15, -0.1) is 11.6 Å². The van der Waals surface area contributed by atoms with Crippen LogP contribution in [0.25, 0.3) is 0 Å². The number of benzene rings is 1. The summed E-state index contributed by atoms with van der Waals surface area (Å²) in [6.45, 7) is 6.27. The second-order valence-electron chi connectivity index (χ2n) is 4.32. The van der Waals surface area contributed by atoms with Crippen molar-refractivity contribution < 1.29 is 4.42 Å². The molecule has 2 rings (SSSR count). The molecule has 90 valence electrons. The van der Waals surface area contributed by atoms with Crippen LogP contribution in [0.4, 0.5) is 0 Å². The fraction of sp³-hybridized carbons (Fsp3) is 0.286. The highest BCUT2D eigenvalue weighted by molar-refractivity contribution is 9.10. The lowest BCUT2D eigenvalue weighted by molar-refractivity contribution is 0.493.